The Morgan fingerprint density at radius 1 is 1.38 bits per heavy atom. The topological polar surface area (TPSA) is 67.6 Å². The predicted molar refractivity (Wildman–Crippen MR) is 62.5 cm³/mol. The third-order valence-corrected chi connectivity index (χ3v) is 2.67. The Kier molecular flexibility index (Phi) is 2.37. The molecule has 0 saturated heterocycles. The number of hydrogen-bond donors (Lipinski definition) is 1. The molecule has 0 aliphatic rings. The quantitative estimate of drug-likeness (QED) is 0.784. The molecule has 0 unspecified atom stereocenters. The van der Waals surface area contributed by atoms with Gasteiger partial charge in [-0.15, -0.1) is 0 Å². The van der Waals surface area contributed by atoms with Gasteiger partial charge in [0.15, 0.2) is 0 Å². The number of rotatable bonds is 1. The van der Waals surface area contributed by atoms with E-state index in [0.717, 1.165) is 11.4 Å². The highest BCUT2D eigenvalue weighted by molar-refractivity contribution is 5.75. The molecule has 1 heterocycles. The lowest BCUT2D eigenvalue weighted by atomic mass is 10.1. The fourth-order valence-corrected chi connectivity index (χ4v) is 1.61. The van der Waals surface area contributed by atoms with Crippen molar-refractivity contribution in [1.82, 2.24) is 9.55 Å². The minimum Gasteiger partial charge on any atom is -0.383 e. The molecular weight excluding hydrogens is 200 g/mol. The first-order valence-electron chi connectivity index (χ1n) is 4.93. The van der Waals surface area contributed by atoms with Crippen molar-refractivity contribution in [1.29, 1.82) is 5.26 Å². The van der Waals surface area contributed by atoms with Crippen LogP contribution < -0.4 is 5.73 Å². The van der Waals surface area contributed by atoms with Crippen LogP contribution in [-0.4, -0.2) is 9.55 Å². The van der Waals surface area contributed by atoms with Crippen molar-refractivity contribution in [3.8, 4) is 17.3 Å². The summed E-state index contributed by atoms with van der Waals surface area (Å²) in [7, 11) is 1.86. The molecule has 0 aliphatic carbocycles. The van der Waals surface area contributed by atoms with Gasteiger partial charge in [0.2, 0.25) is 0 Å². The number of aromatic nitrogens is 2. The number of anilines is 1. The lowest BCUT2D eigenvalue weighted by molar-refractivity contribution is 0.868. The fourth-order valence-electron chi connectivity index (χ4n) is 1.61. The van der Waals surface area contributed by atoms with Crippen LogP contribution in [0.2, 0.25) is 0 Å². The van der Waals surface area contributed by atoms with Gasteiger partial charge in [-0.25, -0.2) is 4.98 Å². The molecular formula is C12H12N4. The van der Waals surface area contributed by atoms with Crippen LogP contribution in [0.5, 0.6) is 0 Å². The first-order valence-corrected chi connectivity index (χ1v) is 4.93. The van der Waals surface area contributed by atoms with Gasteiger partial charge in [-0.05, 0) is 13.0 Å². The summed E-state index contributed by atoms with van der Waals surface area (Å²) in [6.07, 6.45) is 0. The Morgan fingerprint density at radius 2 is 2.06 bits per heavy atom. The number of nitriles is 1. The van der Waals surface area contributed by atoms with E-state index in [1.807, 2.05) is 36.7 Å². The van der Waals surface area contributed by atoms with Crippen LogP contribution in [0.1, 0.15) is 11.4 Å². The SMILES string of the molecule is Cc1nc(-c2ccccc2C#N)c(N)n1C. The second kappa shape index (κ2) is 3.70. The van der Waals surface area contributed by atoms with Gasteiger partial charge in [-0.1, -0.05) is 18.2 Å². The average Bonchev–Trinajstić information content (AvgIpc) is 2.57. The molecule has 0 bridgehead atoms. The molecule has 0 aliphatic heterocycles. The van der Waals surface area contributed by atoms with E-state index < -0.39 is 0 Å². The van der Waals surface area contributed by atoms with E-state index in [4.69, 9.17) is 11.0 Å². The third-order valence-electron chi connectivity index (χ3n) is 2.67. The molecule has 2 aromatic rings. The zero-order valence-electron chi connectivity index (χ0n) is 9.23. The standard InChI is InChI=1S/C12H12N4/c1-8-15-11(12(14)16(8)2)10-6-4-3-5-9(10)7-13/h3-6H,14H2,1-2H3. The number of hydrogen-bond acceptors (Lipinski definition) is 3. The minimum atomic E-state index is 0.584. The Labute approximate surface area is 94.0 Å². The first kappa shape index (κ1) is 10.2. The van der Waals surface area contributed by atoms with Gasteiger partial charge in [0, 0.05) is 12.6 Å². The summed E-state index contributed by atoms with van der Waals surface area (Å²) < 4.78 is 1.81. The molecule has 0 saturated carbocycles. The molecule has 1 aromatic heterocycles. The van der Waals surface area contributed by atoms with Gasteiger partial charge in [-0.3, -0.25) is 0 Å². The zero-order valence-corrected chi connectivity index (χ0v) is 9.23. The Hall–Kier alpha value is -2.28. The average molecular weight is 212 g/mol. The van der Waals surface area contributed by atoms with Crippen LogP contribution in [0, 0.1) is 18.3 Å². The summed E-state index contributed by atoms with van der Waals surface area (Å²) >= 11 is 0. The minimum absolute atomic E-state index is 0.584. The van der Waals surface area contributed by atoms with E-state index in [0.29, 0.717) is 17.1 Å². The van der Waals surface area contributed by atoms with Crippen LogP contribution in [0.4, 0.5) is 5.82 Å². The maximum Gasteiger partial charge on any atom is 0.131 e. The highest BCUT2D eigenvalue weighted by atomic mass is 15.1. The second-order valence-corrected chi connectivity index (χ2v) is 3.61. The van der Waals surface area contributed by atoms with Crippen molar-refractivity contribution in [2.75, 3.05) is 5.73 Å². The highest BCUT2D eigenvalue weighted by Crippen LogP contribution is 2.27. The smallest absolute Gasteiger partial charge is 0.131 e. The summed E-state index contributed by atoms with van der Waals surface area (Å²) in [6.45, 7) is 1.88. The van der Waals surface area contributed by atoms with Crippen molar-refractivity contribution in [3.05, 3.63) is 35.7 Å². The summed E-state index contributed by atoms with van der Waals surface area (Å²) in [4.78, 5) is 4.38. The molecule has 0 radical (unpaired) electrons. The third kappa shape index (κ3) is 1.43. The number of aryl methyl sites for hydroxylation is 1. The van der Waals surface area contributed by atoms with Crippen LogP contribution in [-0.2, 0) is 7.05 Å². The summed E-state index contributed by atoms with van der Waals surface area (Å²) in [5.41, 5.74) is 8.00. The summed E-state index contributed by atoms with van der Waals surface area (Å²) in [5.74, 6) is 1.42. The Balaban J connectivity index is 2.69. The van der Waals surface area contributed by atoms with Crippen LogP contribution in [0.3, 0.4) is 0 Å². The molecule has 0 fully saturated rings. The molecule has 0 amide bonds. The molecule has 4 nitrogen and oxygen atoms in total. The van der Waals surface area contributed by atoms with Gasteiger partial charge in [0.1, 0.15) is 17.3 Å². The summed E-state index contributed by atoms with van der Waals surface area (Å²) in [6, 6.07) is 9.47. The largest absolute Gasteiger partial charge is 0.383 e. The van der Waals surface area contributed by atoms with Crippen molar-refractivity contribution in [2.24, 2.45) is 7.05 Å². The molecule has 1 aromatic carbocycles. The van der Waals surface area contributed by atoms with Crippen molar-refractivity contribution < 1.29 is 0 Å². The lowest BCUT2D eigenvalue weighted by Gasteiger charge is -2.02. The Bertz CT molecular complexity index is 575. The Morgan fingerprint density at radius 3 is 2.62 bits per heavy atom. The van der Waals surface area contributed by atoms with E-state index in [1.54, 1.807) is 6.07 Å². The molecule has 80 valence electrons. The number of nitrogens with two attached hydrogens (primary N) is 1. The normalized spacial score (nSPS) is 10.1. The van der Waals surface area contributed by atoms with Gasteiger partial charge in [0.05, 0.1) is 11.6 Å². The zero-order chi connectivity index (χ0) is 11.7. The maximum absolute atomic E-state index is 9.02. The van der Waals surface area contributed by atoms with Gasteiger partial charge in [-0.2, -0.15) is 5.26 Å². The van der Waals surface area contributed by atoms with E-state index in [2.05, 4.69) is 11.1 Å². The second-order valence-electron chi connectivity index (χ2n) is 3.61. The van der Waals surface area contributed by atoms with Crippen molar-refractivity contribution in [2.45, 2.75) is 6.92 Å². The molecule has 16 heavy (non-hydrogen) atoms. The molecule has 0 atom stereocenters. The number of nitrogen functional groups attached to an aromatic ring is 1. The van der Waals surface area contributed by atoms with Crippen LogP contribution in [0.15, 0.2) is 24.3 Å². The lowest BCUT2D eigenvalue weighted by Crippen LogP contribution is -1.98. The molecule has 4 heteroatoms. The molecule has 2 N–H and O–H groups in total. The molecule has 2 rings (SSSR count). The predicted octanol–water partition coefficient (Wildman–Crippen LogP) is 1.85. The monoisotopic (exact) mass is 212 g/mol. The maximum atomic E-state index is 9.02. The number of nitrogens with zero attached hydrogens (tertiary/aromatic N) is 3. The summed E-state index contributed by atoms with van der Waals surface area (Å²) in [5, 5.41) is 9.02. The highest BCUT2D eigenvalue weighted by Gasteiger charge is 2.13. The van der Waals surface area contributed by atoms with Crippen LogP contribution >= 0.6 is 0 Å². The molecule has 0 spiro atoms. The van der Waals surface area contributed by atoms with Gasteiger partial charge >= 0.3 is 0 Å². The van der Waals surface area contributed by atoms with E-state index in [1.165, 1.54) is 0 Å². The van der Waals surface area contributed by atoms with Crippen LogP contribution in [0.25, 0.3) is 11.3 Å². The van der Waals surface area contributed by atoms with E-state index in [9.17, 15) is 0 Å². The van der Waals surface area contributed by atoms with E-state index in [-0.39, 0.29) is 0 Å². The van der Waals surface area contributed by atoms with Crippen molar-refractivity contribution in [3.63, 3.8) is 0 Å². The first-order chi connectivity index (χ1) is 7.65. The van der Waals surface area contributed by atoms with E-state index >= 15 is 0 Å². The van der Waals surface area contributed by atoms with Gasteiger partial charge in [0.25, 0.3) is 0 Å². The van der Waals surface area contributed by atoms with Crippen molar-refractivity contribution >= 4 is 5.82 Å². The van der Waals surface area contributed by atoms with Gasteiger partial charge < -0.3 is 10.3 Å². The number of benzene rings is 1. The number of imidazole rings is 1. The fraction of sp³-hybridized carbons (Fsp3) is 0.167.